The Hall–Kier alpha value is -0.930. The molecule has 0 unspecified atom stereocenters. The van der Waals surface area contributed by atoms with Crippen molar-refractivity contribution in [2.24, 2.45) is 0 Å². The van der Waals surface area contributed by atoms with Crippen LogP contribution in [0.15, 0.2) is 18.3 Å². The van der Waals surface area contributed by atoms with E-state index in [9.17, 15) is 4.39 Å². The molecule has 0 bridgehead atoms. The second-order valence-electron chi connectivity index (χ2n) is 2.83. The van der Waals surface area contributed by atoms with E-state index in [4.69, 9.17) is 11.6 Å². The fourth-order valence-corrected chi connectivity index (χ4v) is 1.16. The minimum absolute atomic E-state index is 0.425. The number of rotatable bonds is 4. The molecule has 1 N–H and O–H groups in total. The maximum atomic E-state index is 13.0. The maximum absolute atomic E-state index is 13.0. The highest BCUT2D eigenvalue weighted by molar-refractivity contribution is 6.30. The van der Waals surface area contributed by atoms with Gasteiger partial charge >= 0.3 is 0 Å². The fourth-order valence-electron chi connectivity index (χ4n) is 0.993. The average Bonchev–Trinajstić information content (AvgIpc) is 2.18. The van der Waals surface area contributed by atoms with Crippen LogP contribution in [0.5, 0.6) is 0 Å². The van der Waals surface area contributed by atoms with Gasteiger partial charge < -0.3 is 5.32 Å². The van der Waals surface area contributed by atoms with E-state index in [2.05, 4.69) is 10.3 Å². The van der Waals surface area contributed by atoms with Crippen molar-refractivity contribution in [1.82, 2.24) is 10.3 Å². The molecule has 0 aliphatic rings. The van der Waals surface area contributed by atoms with Crippen LogP contribution in [0.4, 0.5) is 4.39 Å². The molecule has 0 spiro atoms. The molecule has 0 aliphatic carbocycles. The quantitative estimate of drug-likeness (QED) is 0.616. The fraction of sp³-hybridized carbons (Fsp3) is 0.300. The lowest BCUT2D eigenvalue weighted by molar-refractivity contribution is 0.581. The Labute approximate surface area is 87.8 Å². The Balaban J connectivity index is 2.65. The summed E-state index contributed by atoms with van der Waals surface area (Å²) in [5.74, 6) is -0.491. The molecule has 1 aromatic rings. The van der Waals surface area contributed by atoms with Crippen molar-refractivity contribution < 1.29 is 4.39 Å². The lowest BCUT2D eigenvalue weighted by Gasteiger charge is -1.96. The van der Waals surface area contributed by atoms with Crippen LogP contribution in [0.1, 0.15) is 12.0 Å². The second-order valence-corrected chi connectivity index (χ2v) is 3.26. The molecule has 0 aromatic carbocycles. The number of nitrogens with one attached hydrogen (secondary N) is 1. The van der Waals surface area contributed by atoms with Gasteiger partial charge in [0.05, 0.1) is 5.02 Å². The minimum Gasteiger partial charge on any atom is -0.319 e. The predicted octanol–water partition coefficient (Wildman–Crippen LogP) is 2.50. The van der Waals surface area contributed by atoms with Gasteiger partial charge in [-0.3, -0.25) is 0 Å². The molecule has 2 nitrogen and oxygen atoms in total. The van der Waals surface area contributed by atoms with E-state index in [1.165, 1.54) is 6.20 Å². The summed E-state index contributed by atoms with van der Waals surface area (Å²) in [6.45, 7) is 0.867. The molecule has 0 aliphatic heterocycles. The topological polar surface area (TPSA) is 24.9 Å². The number of halogens is 2. The monoisotopic (exact) mass is 214 g/mol. The van der Waals surface area contributed by atoms with Crippen LogP contribution in [0.3, 0.4) is 0 Å². The van der Waals surface area contributed by atoms with Crippen LogP contribution >= 0.6 is 11.6 Å². The molecule has 1 heterocycles. The molecular weight excluding hydrogens is 203 g/mol. The molecule has 76 valence electrons. The first-order valence-corrected chi connectivity index (χ1v) is 4.74. The van der Waals surface area contributed by atoms with Crippen molar-refractivity contribution in [1.29, 1.82) is 0 Å². The summed E-state index contributed by atoms with van der Waals surface area (Å²) in [5, 5.41) is 3.44. The van der Waals surface area contributed by atoms with Crippen molar-refractivity contribution in [2.45, 2.75) is 6.42 Å². The Kier molecular flexibility index (Phi) is 4.56. The van der Waals surface area contributed by atoms with Crippen molar-refractivity contribution in [3.8, 4) is 0 Å². The van der Waals surface area contributed by atoms with Crippen molar-refractivity contribution in [3.05, 3.63) is 34.9 Å². The third kappa shape index (κ3) is 3.44. The zero-order chi connectivity index (χ0) is 10.4. The Morgan fingerprint density at radius 2 is 2.43 bits per heavy atom. The standard InChI is InChI=1S/C10H12ClFN2/c1-13-5-3-2-4-8-6-9(11)7-14-10(8)12/h2,4,6-7,13H,3,5H2,1H3. The highest BCUT2D eigenvalue weighted by atomic mass is 35.5. The lowest BCUT2D eigenvalue weighted by atomic mass is 10.2. The molecule has 0 saturated heterocycles. The van der Waals surface area contributed by atoms with Gasteiger partial charge in [-0.1, -0.05) is 23.8 Å². The van der Waals surface area contributed by atoms with E-state index in [1.54, 1.807) is 12.1 Å². The van der Waals surface area contributed by atoms with E-state index in [1.807, 2.05) is 13.1 Å². The smallest absolute Gasteiger partial charge is 0.220 e. The molecule has 4 heteroatoms. The summed E-state index contributed by atoms with van der Waals surface area (Å²) in [7, 11) is 1.87. The number of hydrogen-bond acceptors (Lipinski definition) is 2. The zero-order valence-electron chi connectivity index (χ0n) is 7.93. The Morgan fingerprint density at radius 1 is 1.64 bits per heavy atom. The summed E-state index contributed by atoms with van der Waals surface area (Å²) < 4.78 is 13.0. The molecule has 0 amide bonds. The normalized spacial score (nSPS) is 11.1. The number of aromatic nitrogens is 1. The van der Waals surface area contributed by atoms with Crippen LogP contribution in [0, 0.1) is 5.95 Å². The predicted molar refractivity (Wildman–Crippen MR) is 56.8 cm³/mol. The highest BCUT2D eigenvalue weighted by Gasteiger charge is 1.99. The van der Waals surface area contributed by atoms with Gasteiger partial charge in [-0.2, -0.15) is 4.39 Å². The lowest BCUT2D eigenvalue weighted by Crippen LogP contribution is -2.05. The highest BCUT2D eigenvalue weighted by Crippen LogP contribution is 2.13. The first-order valence-electron chi connectivity index (χ1n) is 4.36. The van der Waals surface area contributed by atoms with Gasteiger partial charge in [0, 0.05) is 11.8 Å². The van der Waals surface area contributed by atoms with Crippen molar-refractivity contribution in [2.75, 3.05) is 13.6 Å². The molecule has 14 heavy (non-hydrogen) atoms. The van der Waals surface area contributed by atoms with E-state index in [-0.39, 0.29) is 0 Å². The van der Waals surface area contributed by atoms with Crippen LogP contribution in [-0.4, -0.2) is 18.6 Å². The van der Waals surface area contributed by atoms with Crippen LogP contribution < -0.4 is 5.32 Å². The van der Waals surface area contributed by atoms with E-state index in [0.29, 0.717) is 10.6 Å². The largest absolute Gasteiger partial charge is 0.319 e. The van der Waals surface area contributed by atoms with Gasteiger partial charge in [0.15, 0.2) is 0 Å². The maximum Gasteiger partial charge on any atom is 0.220 e. The van der Waals surface area contributed by atoms with Gasteiger partial charge in [0.25, 0.3) is 0 Å². The van der Waals surface area contributed by atoms with Gasteiger partial charge in [-0.25, -0.2) is 4.98 Å². The van der Waals surface area contributed by atoms with E-state index < -0.39 is 5.95 Å². The van der Waals surface area contributed by atoms with Crippen LogP contribution in [0.2, 0.25) is 5.02 Å². The Bertz CT molecular complexity index is 326. The van der Waals surface area contributed by atoms with Crippen LogP contribution in [-0.2, 0) is 0 Å². The third-order valence-corrected chi connectivity index (χ3v) is 1.90. The van der Waals surface area contributed by atoms with Crippen molar-refractivity contribution >= 4 is 17.7 Å². The van der Waals surface area contributed by atoms with E-state index in [0.717, 1.165) is 13.0 Å². The SMILES string of the molecule is CNCCC=Cc1cc(Cl)cnc1F. The zero-order valence-corrected chi connectivity index (χ0v) is 8.68. The summed E-state index contributed by atoms with van der Waals surface area (Å²) in [4.78, 5) is 3.51. The van der Waals surface area contributed by atoms with Gasteiger partial charge in [0.2, 0.25) is 5.95 Å². The second kappa shape index (κ2) is 5.73. The molecule has 0 fully saturated rings. The molecule has 0 saturated carbocycles. The number of nitrogens with zero attached hydrogens (tertiary/aromatic N) is 1. The first-order chi connectivity index (χ1) is 6.74. The summed E-state index contributed by atoms with van der Waals surface area (Å²) in [6, 6.07) is 1.56. The number of hydrogen-bond donors (Lipinski definition) is 1. The molecular formula is C10H12ClFN2. The Morgan fingerprint density at radius 3 is 3.14 bits per heavy atom. The minimum atomic E-state index is -0.491. The van der Waals surface area contributed by atoms with Gasteiger partial charge in [-0.15, -0.1) is 0 Å². The molecule has 1 rings (SSSR count). The van der Waals surface area contributed by atoms with Crippen molar-refractivity contribution in [3.63, 3.8) is 0 Å². The summed E-state index contributed by atoms with van der Waals surface area (Å²) in [6.07, 6.45) is 5.71. The molecule has 0 radical (unpaired) electrons. The van der Waals surface area contributed by atoms with Gasteiger partial charge in [-0.05, 0) is 26.1 Å². The average molecular weight is 215 g/mol. The first kappa shape index (κ1) is 11.1. The van der Waals surface area contributed by atoms with Crippen LogP contribution in [0.25, 0.3) is 6.08 Å². The summed E-state index contributed by atoms with van der Waals surface area (Å²) in [5.41, 5.74) is 0.425. The van der Waals surface area contributed by atoms with E-state index >= 15 is 0 Å². The molecule has 0 atom stereocenters. The summed E-state index contributed by atoms with van der Waals surface area (Å²) >= 11 is 5.68. The van der Waals surface area contributed by atoms with Gasteiger partial charge in [0.1, 0.15) is 0 Å². The molecule has 1 aromatic heterocycles. The third-order valence-electron chi connectivity index (χ3n) is 1.69. The number of pyridine rings is 1.